The van der Waals surface area contributed by atoms with Gasteiger partial charge < -0.3 is 0 Å². The first-order valence-electron chi connectivity index (χ1n) is 6.05. The highest BCUT2D eigenvalue weighted by Gasteiger charge is 2.30. The summed E-state index contributed by atoms with van der Waals surface area (Å²) in [5.41, 5.74) is 0.913. The van der Waals surface area contributed by atoms with E-state index >= 15 is 0 Å². The Hall–Kier alpha value is -2.08. The molecule has 0 spiro atoms. The molecule has 0 atom stereocenters. The molecule has 0 saturated heterocycles. The zero-order valence-electron chi connectivity index (χ0n) is 10.6. The average molecular weight is 312 g/mol. The van der Waals surface area contributed by atoms with E-state index in [9.17, 15) is 13.2 Å². The highest BCUT2D eigenvalue weighted by Crippen LogP contribution is 2.31. The third-order valence-electron chi connectivity index (χ3n) is 3.08. The first-order valence-corrected chi connectivity index (χ1v) is 6.59. The van der Waals surface area contributed by atoms with Crippen LogP contribution in [0.2, 0.25) is 0 Å². The molecule has 0 aliphatic rings. The van der Waals surface area contributed by atoms with Gasteiger partial charge in [-0.2, -0.15) is 13.2 Å². The van der Waals surface area contributed by atoms with Crippen LogP contribution in [-0.2, 0) is 12.1 Å². The summed E-state index contributed by atoms with van der Waals surface area (Å²) < 4.78 is 40.1. The van der Waals surface area contributed by atoms with Crippen LogP contribution in [0.5, 0.6) is 0 Å². The number of rotatable bonds is 2. The highest BCUT2D eigenvalue weighted by molar-refractivity contribution is 6.17. The third-order valence-corrected chi connectivity index (χ3v) is 3.32. The molecular weight excluding hydrogens is 303 g/mol. The summed E-state index contributed by atoms with van der Waals surface area (Å²) in [6, 6.07) is 6.76. The van der Waals surface area contributed by atoms with Crippen LogP contribution in [0.4, 0.5) is 13.2 Å². The molecule has 3 rings (SSSR count). The molecule has 3 nitrogen and oxygen atoms in total. The number of imidazole rings is 1. The van der Waals surface area contributed by atoms with Crippen molar-refractivity contribution in [2.45, 2.75) is 12.1 Å². The number of benzene rings is 1. The Kier molecular flexibility index (Phi) is 3.33. The molecule has 2 heterocycles. The molecule has 0 N–H and O–H groups in total. The second-order valence-electron chi connectivity index (χ2n) is 4.41. The van der Waals surface area contributed by atoms with Crippen molar-refractivity contribution in [1.82, 2.24) is 14.5 Å². The Morgan fingerprint density at radius 1 is 1.19 bits per heavy atom. The number of hydrogen-bond acceptors (Lipinski definition) is 2. The Balaban J connectivity index is 2.25. The molecular formula is C14H9ClF3N3. The van der Waals surface area contributed by atoms with Gasteiger partial charge in [0.05, 0.1) is 23.2 Å². The third kappa shape index (κ3) is 2.47. The Bertz CT molecular complexity index is 796. The van der Waals surface area contributed by atoms with E-state index in [1.165, 1.54) is 6.07 Å². The molecule has 3 aromatic rings. The van der Waals surface area contributed by atoms with E-state index in [0.717, 1.165) is 12.1 Å². The summed E-state index contributed by atoms with van der Waals surface area (Å²) in [6.07, 6.45) is -1.28. The van der Waals surface area contributed by atoms with Crippen LogP contribution >= 0.6 is 11.6 Å². The molecule has 0 bridgehead atoms. The molecule has 0 amide bonds. The van der Waals surface area contributed by atoms with Crippen LogP contribution in [0.25, 0.3) is 16.7 Å². The lowest BCUT2D eigenvalue weighted by Gasteiger charge is -2.11. The van der Waals surface area contributed by atoms with Gasteiger partial charge in [-0.15, -0.1) is 11.6 Å². The van der Waals surface area contributed by atoms with Crippen molar-refractivity contribution in [2.24, 2.45) is 0 Å². The molecule has 0 saturated carbocycles. The average Bonchev–Trinajstić information content (AvgIpc) is 2.85. The van der Waals surface area contributed by atoms with Gasteiger partial charge in [0, 0.05) is 11.9 Å². The summed E-state index contributed by atoms with van der Waals surface area (Å²) >= 11 is 5.86. The fraction of sp³-hybridized carbons (Fsp3) is 0.143. The summed E-state index contributed by atoms with van der Waals surface area (Å²) in [4.78, 5) is 8.24. The van der Waals surface area contributed by atoms with Crippen molar-refractivity contribution in [3.8, 4) is 5.69 Å². The van der Waals surface area contributed by atoms with Gasteiger partial charge >= 0.3 is 6.18 Å². The van der Waals surface area contributed by atoms with Crippen molar-refractivity contribution in [3.63, 3.8) is 0 Å². The molecule has 2 aromatic heterocycles. The van der Waals surface area contributed by atoms with E-state index in [0.29, 0.717) is 22.5 Å². The maximum Gasteiger partial charge on any atom is 0.416 e. The zero-order valence-corrected chi connectivity index (χ0v) is 11.4. The molecule has 21 heavy (non-hydrogen) atoms. The van der Waals surface area contributed by atoms with Crippen LogP contribution in [-0.4, -0.2) is 14.5 Å². The van der Waals surface area contributed by atoms with Gasteiger partial charge in [-0.05, 0) is 24.3 Å². The topological polar surface area (TPSA) is 30.7 Å². The van der Waals surface area contributed by atoms with Crippen LogP contribution < -0.4 is 0 Å². The van der Waals surface area contributed by atoms with Gasteiger partial charge in [-0.3, -0.25) is 9.55 Å². The van der Waals surface area contributed by atoms with Gasteiger partial charge in [0.2, 0.25) is 0 Å². The molecule has 0 unspecified atom stereocenters. The van der Waals surface area contributed by atoms with E-state index in [1.54, 1.807) is 29.1 Å². The van der Waals surface area contributed by atoms with E-state index in [4.69, 9.17) is 11.6 Å². The maximum atomic E-state index is 12.8. The smallest absolute Gasteiger partial charge is 0.295 e. The van der Waals surface area contributed by atoms with Crippen LogP contribution in [0.15, 0.2) is 42.7 Å². The minimum atomic E-state index is -4.39. The fourth-order valence-corrected chi connectivity index (χ4v) is 2.36. The van der Waals surface area contributed by atoms with Crippen molar-refractivity contribution in [3.05, 3.63) is 54.1 Å². The minimum absolute atomic E-state index is 0.0882. The number of alkyl halides is 4. The summed E-state index contributed by atoms with van der Waals surface area (Å²) in [6.45, 7) is 0. The van der Waals surface area contributed by atoms with Gasteiger partial charge in [-0.1, -0.05) is 6.07 Å². The summed E-state index contributed by atoms with van der Waals surface area (Å²) in [5, 5.41) is 0. The summed E-state index contributed by atoms with van der Waals surface area (Å²) in [7, 11) is 0. The van der Waals surface area contributed by atoms with E-state index in [1.807, 2.05) is 0 Å². The van der Waals surface area contributed by atoms with Gasteiger partial charge in [0.1, 0.15) is 11.3 Å². The van der Waals surface area contributed by atoms with Crippen molar-refractivity contribution >= 4 is 22.6 Å². The second-order valence-corrected chi connectivity index (χ2v) is 4.68. The predicted octanol–water partition coefficient (Wildman–Crippen LogP) is 4.18. The molecule has 7 heteroatoms. The number of pyridine rings is 1. The van der Waals surface area contributed by atoms with Crippen LogP contribution in [0, 0.1) is 0 Å². The lowest BCUT2D eigenvalue weighted by atomic mass is 10.2. The van der Waals surface area contributed by atoms with Crippen molar-refractivity contribution in [1.29, 1.82) is 0 Å². The molecule has 0 aliphatic heterocycles. The van der Waals surface area contributed by atoms with Crippen LogP contribution in [0.1, 0.15) is 11.4 Å². The van der Waals surface area contributed by atoms with Gasteiger partial charge in [-0.25, -0.2) is 4.98 Å². The first-order chi connectivity index (χ1) is 10.0. The van der Waals surface area contributed by atoms with Crippen LogP contribution in [0.3, 0.4) is 0 Å². The van der Waals surface area contributed by atoms with Gasteiger partial charge in [0.15, 0.2) is 0 Å². The second kappa shape index (κ2) is 5.04. The Morgan fingerprint density at radius 3 is 2.71 bits per heavy atom. The predicted molar refractivity (Wildman–Crippen MR) is 73.4 cm³/mol. The first kappa shape index (κ1) is 13.9. The van der Waals surface area contributed by atoms with Gasteiger partial charge in [0.25, 0.3) is 0 Å². The van der Waals surface area contributed by atoms with E-state index < -0.39 is 11.7 Å². The maximum absolute atomic E-state index is 12.8. The van der Waals surface area contributed by atoms with E-state index in [2.05, 4.69) is 9.97 Å². The largest absolute Gasteiger partial charge is 0.416 e. The number of nitrogens with zero attached hydrogens (tertiary/aromatic N) is 3. The lowest BCUT2D eigenvalue weighted by Crippen LogP contribution is -2.07. The standard InChI is InChI=1S/C14H9ClF3N3/c15-7-13-20-11-8-19-5-4-12(11)21(13)10-3-1-2-9(6-10)14(16,17)18/h1-6,8H,7H2. The van der Waals surface area contributed by atoms with Crippen molar-refractivity contribution < 1.29 is 13.2 Å². The monoisotopic (exact) mass is 311 g/mol. The van der Waals surface area contributed by atoms with Crippen molar-refractivity contribution in [2.75, 3.05) is 0 Å². The molecule has 0 fully saturated rings. The number of aromatic nitrogens is 3. The molecule has 1 aromatic carbocycles. The Morgan fingerprint density at radius 2 is 2.00 bits per heavy atom. The minimum Gasteiger partial charge on any atom is -0.295 e. The summed E-state index contributed by atoms with van der Waals surface area (Å²) in [5.74, 6) is 0.560. The number of fused-ring (bicyclic) bond motifs is 1. The SMILES string of the molecule is FC(F)(F)c1cccc(-n2c(CCl)nc3cnccc32)c1. The molecule has 0 radical (unpaired) electrons. The number of hydrogen-bond donors (Lipinski definition) is 0. The zero-order chi connectivity index (χ0) is 15.0. The fourth-order valence-electron chi connectivity index (χ4n) is 2.18. The quantitative estimate of drug-likeness (QED) is 0.665. The number of halogens is 4. The van der Waals surface area contributed by atoms with E-state index in [-0.39, 0.29) is 5.88 Å². The normalized spacial score (nSPS) is 12.0. The lowest BCUT2D eigenvalue weighted by molar-refractivity contribution is -0.137. The Labute approximate surface area is 123 Å². The molecule has 0 aliphatic carbocycles. The highest BCUT2D eigenvalue weighted by atomic mass is 35.5. The molecule has 108 valence electrons.